The van der Waals surface area contributed by atoms with Crippen LogP contribution in [0.1, 0.15) is 40.4 Å². The van der Waals surface area contributed by atoms with Crippen LogP contribution in [-0.2, 0) is 6.18 Å². The normalized spacial score (nSPS) is 16.4. The van der Waals surface area contributed by atoms with Crippen molar-refractivity contribution in [2.75, 3.05) is 66.7 Å². The highest BCUT2D eigenvalue weighted by Crippen LogP contribution is 2.34. The Morgan fingerprint density at radius 1 is 0.872 bits per heavy atom. The van der Waals surface area contributed by atoms with Crippen molar-refractivity contribution < 1.29 is 22.4 Å². The Bertz CT molecular complexity index is 1730. The third-order valence-electron chi connectivity index (χ3n) is 8.67. The average molecular weight is 650 g/mol. The van der Waals surface area contributed by atoms with Crippen LogP contribution in [0.4, 0.5) is 40.3 Å². The number of rotatable bonds is 6. The van der Waals surface area contributed by atoms with Gasteiger partial charge in [0.1, 0.15) is 5.82 Å². The van der Waals surface area contributed by atoms with Crippen LogP contribution in [-0.4, -0.2) is 69.8 Å². The summed E-state index contributed by atoms with van der Waals surface area (Å²) >= 11 is 0. The largest absolute Gasteiger partial charge is 0.416 e. The lowest BCUT2D eigenvalue weighted by molar-refractivity contribution is -0.138. The Hall–Kier alpha value is -4.71. The van der Waals surface area contributed by atoms with Gasteiger partial charge in [0.15, 0.2) is 0 Å². The van der Waals surface area contributed by atoms with Crippen LogP contribution >= 0.6 is 0 Å². The van der Waals surface area contributed by atoms with E-state index in [1.54, 1.807) is 12.1 Å². The number of alkyl halides is 3. The number of halogens is 4. The molecule has 0 spiro atoms. The number of aryl methyl sites for hydroxylation is 1. The number of anilines is 4. The van der Waals surface area contributed by atoms with E-state index < -0.39 is 17.6 Å². The fraction of sp³-hybridized carbons (Fsp3) is 0.343. The number of carbonyl (C=O) groups excluding carboxylic acids is 1. The molecule has 0 aliphatic carbocycles. The molecule has 248 valence electrons. The van der Waals surface area contributed by atoms with Gasteiger partial charge in [-0.3, -0.25) is 4.79 Å². The third-order valence-corrected chi connectivity index (χ3v) is 8.67. The van der Waals surface area contributed by atoms with Crippen molar-refractivity contribution in [2.45, 2.75) is 33.4 Å². The minimum Gasteiger partial charge on any atom is -0.367 e. The third kappa shape index (κ3) is 7.82. The van der Waals surface area contributed by atoms with Crippen LogP contribution in [0.25, 0.3) is 0 Å². The summed E-state index contributed by atoms with van der Waals surface area (Å²) in [6.45, 7) is 13.4. The molecule has 2 aliphatic rings. The quantitative estimate of drug-likeness (QED) is 0.169. The molecule has 0 saturated carbocycles. The zero-order chi connectivity index (χ0) is 33.9. The maximum absolute atomic E-state index is 15.0. The van der Waals surface area contributed by atoms with E-state index in [0.29, 0.717) is 36.6 Å². The number of hydrogen-bond donors (Lipinski definition) is 2. The zero-order valence-corrected chi connectivity index (χ0v) is 27.0. The first kappa shape index (κ1) is 33.6. The number of amides is 1. The molecule has 0 radical (unpaired) electrons. The number of benzene rings is 3. The maximum Gasteiger partial charge on any atom is 0.416 e. The van der Waals surface area contributed by atoms with Crippen LogP contribution in [0.3, 0.4) is 0 Å². The topological polar surface area (TPSA) is 75.6 Å². The summed E-state index contributed by atoms with van der Waals surface area (Å²) in [6.07, 6.45) is -3.95. The van der Waals surface area contributed by atoms with Crippen LogP contribution in [0.5, 0.6) is 0 Å². The molecule has 2 aliphatic heterocycles. The molecule has 12 heteroatoms. The lowest BCUT2D eigenvalue weighted by atomic mass is 10.0. The van der Waals surface area contributed by atoms with Gasteiger partial charge in [0, 0.05) is 74.0 Å². The van der Waals surface area contributed by atoms with E-state index in [4.69, 9.17) is 4.99 Å². The fourth-order valence-corrected chi connectivity index (χ4v) is 5.93. The summed E-state index contributed by atoms with van der Waals surface area (Å²) in [7, 11) is 2.06. The van der Waals surface area contributed by atoms with Crippen LogP contribution < -0.4 is 20.4 Å². The molecule has 8 nitrogen and oxygen atoms in total. The molecule has 1 saturated heterocycles. The number of carbonyl (C=O) groups is 1. The molecular formula is C35H39F4N7O. The SMILES string of the molecule is C=NC(=NC1=C(C)CN(c2cc(NC(=O)c3cccc(C(F)(F)F)c3C)ccc2C)CC1)Nc1ccc(N2CCN(C)CC2)c(F)c1. The molecule has 2 N–H and O–H groups in total. The molecule has 1 fully saturated rings. The average Bonchev–Trinajstić information content (AvgIpc) is 3.02. The second kappa shape index (κ2) is 14.0. The fourth-order valence-electron chi connectivity index (χ4n) is 5.93. The van der Waals surface area contributed by atoms with Crippen molar-refractivity contribution in [1.29, 1.82) is 0 Å². The summed E-state index contributed by atoms with van der Waals surface area (Å²) in [5, 5.41) is 5.85. The van der Waals surface area contributed by atoms with Crippen molar-refractivity contribution in [3.8, 4) is 0 Å². The zero-order valence-electron chi connectivity index (χ0n) is 27.0. The highest BCUT2D eigenvalue weighted by molar-refractivity contribution is 6.05. The first-order valence-electron chi connectivity index (χ1n) is 15.4. The molecule has 0 aromatic heterocycles. The molecule has 1 amide bonds. The molecule has 3 aromatic rings. The van der Waals surface area contributed by atoms with Crippen molar-refractivity contribution in [3.63, 3.8) is 0 Å². The number of nitrogens with zero attached hydrogens (tertiary/aromatic N) is 5. The molecule has 47 heavy (non-hydrogen) atoms. The van der Waals surface area contributed by atoms with Crippen LogP contribution in [0.15, 0.2) is 75.9 Å². The van der Waals surface area contributed by atoms with E-state index >= 15 is 4.39 Å². The van der Waals surface area contributed by atoms with Gasteiger partial charge < -0.3 is 25.3 Å². The molecule has 0 bridgehead atoms. The predicted octanol–water partition coefficient (Wildman–Crippen LogP) is 7.12. The van der Waals surface area contributed by atoms with Crippen molar-refractivity contribution in [3.05, 3.63) is 93.9 Å². The van der Waals surface area contributed by atoms with Crippen LogP contribution in [0, 0.1) is 19.7 Å². The smallest absolute Gasteiger partial charge is 0.367 e. The Morgan fingerprint density at radius 3 is 2.23 bits per heavy atom. The Balaban J connectivity index is 1.27. The number of likely N-dealkylation sites (N-methyl/N-ethyl adjacent to an activating group) is 1. The number of hydrogen-bond acceptors (Lipinski definition) is 5. The van der Waals surface area contributed by atoms with Gasteiger partial charge in [-0.15, -0.1) is 0 Å². The molecule has 0 atom stereocenters. The number of nitrogens with one attached hydrogen (secondary N) is 2. The molecular weight excluding hydrogens is 610 g/mol. The Labute approximate surface area is 272 Å². The summed E-state index contributed by atoms with van der Waals surface area (Å²) < 4.78 is 55.2. The van der Waals surface area contributed by atoms with E-state index in [9.17, 15) is 18.0 Å². The number of aliphatic imine (C=N–C) groups is 2. The van der Waals surface area contributed by atoms with Crippen LogP contribution in [0.2, 0.25) is 0 Å². The van der Waals surface area contributed by atoms with Gasteiger partial charge in [-0.25, -0.2) is 14.4 Å². The Kier molecular flexibility index (Phi) is 9.99. The summed E-state index contributed by atoms with van der Waals surface area (Å²) in [5.41, 5.74) is 4.31. The second-order valence-electron chi connectivity index (χ2n) is 12.0. The van der Waals surface area contributed by atoms with Crippen molar-refractivity contribution in [1.82, 2.24) is 4.90 Å². The Morgan fingerprint density at radius 2 is 1.57 bits per heavy atom. The standard InChI is InChI=1S/C35H39F4N7O/c1-22-9-10-26(41-33(47)27-7-6-8-28(24(27)3)35(37,38)39)20-32(22)46-14-13-30(23(2)21-46)43-34(40-4)42-25-11-12-31(29(36)19-25)45-17-15-44(5)16-18-45/h6-12,19-20H,4,13-18,21H2,1-3,5H3,(H,41,47)(H,42,43). The van der Waals surface area contributed by atoms with Gasteiger partial charge in [0.25, 0.3) is 5.91 Å². The first-order chi connectivity index (χ1) is 22.3. The van der Waals surface area contributed by atoms with Crippen molar-refractivity contribution in [2.24, 2.45) is 9.98 Å². The van der Waals surface area contributed by atoms with Gasteiger partial charge in [0.2, 0.25) is 5.96 Å². The molecule has 2 heterocycles. The summed E-state index contributed by atoms with van der Waals surface area (Å²) in [4.78, 5) is 28.2. The molecule has 0 unspecified atom stereocenters. The lowest BCUT2D eigenvalue weighted by Crippen LogP contribution is -2.44. The van der Waals surface area contributed by atoms with E-state index in [2.05, 4.69) is 39.2 Å². The first-order valence-corrected chi connectivity index (χ1v) is 15.4. The van der Waals surface area contributed by atoms with Gasteiger partial charge in [0.05, 0.1) is 11.3 Å². The minimum absolute atomic E-state index is 0.0323. The second-order valence-corrected chi connectivity index (χ2v) is 12.0. The lowest BCUT2D eigenvalue weighted by Gasteiger charge is -2.34. The van der Waals surface area contributed by atoms with Gasteiger partial charge in [-0.1, -0.05) is 12.1 Å². The van der Waals surface area contributed by atoms with E-state index in [1.165, 1.54) is 25.1 Å². The number of piperazine rings is 1. The van der Waals surface area contributed by atoms with E-state index in [1.807, 2.05) is 36.9 Å². The molecule has 3 aromatic carbocycles. The van der Waals surface area contributed by atoms with Gasteiger partial charge in [-0.2, -0.15) is 13.2 Å². The van der Waals surface area contributed by atoms with Gasteiger partial charge >= 0.3 is 6.18 Å². The maximum atomic E-state index is 15.0. The molecule has 5 rings (SSSR count). The van der Waals surface area contributed by atoms with Crippen molar-refractivity contribution >= 4 is 41.3 Å². The van der Waals surface area contributed by atoms with E-state index in [-0.39, 0.29) is 22.9 Å². The summed E-state index contributed by atoms with van der Waals surface area (Å²) in [6, 6.07) is 14.0. The van der Waals surface area contributed by atoms with E-state index in [0.717, 1.165) is 54.8 Å². The monoisotopic (exact) mass is 649 g/mol. The van der Waals surface area contributed by atoms with Gasteiger partial charge in [-0.05, 0) is 93.7 Å². The minimum atomic E-state index is -4.55. The number of guanidine groups is 1. The highest BCUT2D eigenvalue weighted by atomic mass is 19.4. The predicted molar refractivity (Wildman–Crippen MR) is 182 cm³/mol. The highest BCUT2D eigenvalue weighted by Gasteiger charge is 2.33. The summed E-state index contributed by atoms with van der Waals surface area (Å²) in [5.74, 6) is -0.656.